The Morgan fingerprint density at radius 3 is 1.96 bits per heavy atom. The molecule has 0 bridgehead atoms. The van der Waals surface area contributed by atoms with Crippen LogP contribution >= 0.6 is 0 Å². The molecule has 140 valence electrons. The number of hydrogen-bond acceptors (Lipinski definition) is 3. The second-order valence-electron chi connectivity index (χ2n) is 6.29. The predicted octanol–water partition coefficient (Wildman–Crippen LogP) is 4.06. The number of benzene rings is 2. The first kappa shape index (κ1) is 20.0. The van der Waals surface area contributed by atoms with Gasteiger partial charge in [-0.15, -0.1) is 0 Å². The molecule has 0 fully saturated rings. The van der Waals surface area contributed by atoms with E-state index in [0.717, 1.165) is 18.4 Å². The minimum atomic E-state index is -3.68. The van der Waals surface area contributed by atoms with Crippen molar-refractivity contribution in [2.75, 3.05) is 17.8 Å². The van der Waals surface area contributed by atoms with Crippen molar-refractivity contribution in [3.05, 3.63) is 59.7 Å². The molecule has 0 saturated carbocycles. The highest BCUT2D eigenvalue weighted by Crippen LogP contribution is 2.18. The topological polar surface area (TPSA) is 66.5 Å². The summed E-state index contributed by atoms with van der Waals surface area (Å²) >= 11 is 0. The molecule has 0 spiro atoms. The second-order valence-corrected chi connectivity index (χ2v) is 7.97. The summed E-state index contributed by atoms with van der Waals surface area (Å²) in [7, 11) is -3.68. The number of nitrogens with zero attached hydrogens (tertiary/aromatic N) is 1. The van der Waals surface area contributed by atoms with Gasteiger partial charge in [-0.3, -0.25) is 9.52 Å². The van der Waals surface area contributed by atoms with Gasteiger partial charge in [0.1, 0.15) is 0 Å². The molecule has 0 atom stereocenters. The molecular formula is C20H26N2O3S. The molecule has 6 heteroatoms. The van der Waals surface area contributed by atoms with E-state index in [0.29, 0.717) is 24.3 Å². The molecule has 0 unspecified atom stereocenters. The van der Waals surface area contributed by atoms with Crippen LogP contribution in [0.1, 0.15) is 42.6 Å². The third kappa shape index (κ3) is 5.08. The van der Waals surface area contributed by atoms with E-state index in [1.807, 2.05) is 32.9 Å². The van der Waals surface area contributed by atoms with Crippen LogP contribution in [0.3, 0.4) is 0 Å². The molecule has 2 aromatic rings. The first-order chi connectivity index (χ1) is 12.4. The number of amides is 1. The highest BCUT2D eigenvalue weighted by molar-refractivity contribution is 7.92. The third-order valence-electron chi connectivity index (χ3n) is 3.99. The van der Waals surface area contributed by atoms with Crippen molar-refractivity contribution < 1.29 is 13.2 Å². The van der Waals surface area contributed by atoms with Gasteiger partial charge in [0, 0.05) is 24.3 Å². The Balaban J connectivity index is 2.16. The molecule has 0 radical (unpaired) electrons. The van der Waals surface area contributed by atoms with Crippen LogP contribution in [-0.4, -0.2) is 32.3 Å². The fourth-order valence-corrected chi connectivity index (χ4v) is 3.71. The maximum atomic E-state index is 12.6. The lowest BCUT2D eigenvalue weighted by atomic mass is 10.2. The largest absolute Gasteiger partial charge is 0.339 e. The van der Waals surface area contributed by atoms with Gasteiger partial charge in [-0.1, -0.05) is 31.5 Å². The van der Waals surface area contributed by atoms with Gasteiger partial charge in [-0.05, 0) is 56.2 Å². The van der Waals surface area contributed by atoms with Crippen LogP contribution in [0.5, 0.6) is 0 Å². The number of aryl methyl sites for hydroxylation is 1. The van der Waals surface area contributed by atoms with Crippen LogP contribution in [0.2, 0.25) is 0 Å². The van der Waals surface area contributed by atoms with Gasteiger partial charge in [-0.25, -0.2) is 8.42 Å². The number of nitrogens with one attached hydrogen (secondary N) is 1. The van der Waals surface area contributed by atoms with Crippen LogP contribution in [-0.2, 0) is 10.0 Å². The fraction of sp³-hybridized carbons (Fsp3) is 0.350. The zero-order valence-electron chi connectivity index (χ0n) is 15.5. The first-order valence-corrected chi connectivity index (χ1v) is 10.3. The molecule has 5 nitrogen and oxygen atoms in total. The summed E-state index contributed by atoms with van der Waals surface area (Å²) in [5.41, 5.74) is 2.06. The van der Waals surface area contributed by atoms with E-state index in [2.05, 4.69) is 4.72 Å². The van der Waals surface area contributed by atoms with E-state index < -0.39 is 10.0 Å². The number of anilines is 1. The van der Waals surface area contributed by atoms with E-state index in [9.17, 15) is 13.2 Å². The highest BCUT2D eigenvalue weighted by Gasteiger charge is 2.17. The minimum absolute atomic E-state index is 0.0656. The van der Waals surface area contributed by atoms with Gasteiger partial charge in [0.25, 0.3) is 15.9 Å². The number of carbonyl (C=O) groups excluding carboxylic acids is 1. The van der Waals surface area contributed by atoms with E-state index in [4.69, 9.17) is 0 Å². The number of sulfonamides is 1. The molecule has 0 heterocycles. The summed E-state index contributed by atoms with van der Waals surface area (Å²) < 4.78 is 27.6. The molecular weight excluding hydrogens is 348 g/mol. The van der Waals surface area contributed by atoms with Crippen molar-refractivity contribution in [2.45, 2.75) is 38.5 Å². The SMILES string of the molecule is CCCN(CCC)C(=O)c1ccc(S(=O)(=O)Nc2ccc(C)cc2)cc1. The molecule has 1 N–H and O–H groups in total. The van der Waals surface area contributed by atoms with Gasteiger partial charge in [0.05, 0.1) is 4.90 Å². The Kier molecular flexibility index (Phi) is 6.80. The lowest BCUT2D eigenvalue weighted by Crippen LogP contribution is -2.32. The predicted molar refractivity (Wildman–Crippen MR) is 105 cm³/mol. The lowest BCUT2D eigenvalue weighted by Gasteiger charge is -2.21. The highest BCUT2D eigenvalue weighted by atomic mass is 32.2. The summed E-state index contributed by atoms with van der Waals surface area (Å²) in [4.78, 5) is 14.5. The molecule has 2 rings (SSSR count). The lowest BCUT2D eigenvalue weighted by molar-refractivity contribution is 0.0755. The van der Waals surface area contributed by atoms with Gasteiger partial charge >= 0.3 is 0 Å². The van der Waals surface area contributed by atoms with Gasteiger partial charge in [-0.2, -0.15) is 0 Å². The first-order valence-electron chi connectivity index (χ1n) is 8.86. The average Bonchev–Trinajstić information content (AvgIpc) is 2.63. The Labute approximate surface area is 156 Å². The number of rotatable bonds is 8. The van der Waals surface area contributed by atoms with Crippen LogP contribution in [0.25, 0.3) is 0 Å². The van der Waals surface area contributed by atoms with Crippen LogP contribution in [0, 0.1) is 6.92 Å². The van der Waals surface area contributed by atoms with Crippen molar-refractivity contribution in [1.29, 1.82) is 0 Å². The summed E-state index contributed by atoms with van der Waals surface area (Å²) in [6.07, 6.45) is 1.78. The molecule has 0 aliphatic heterocycles. The zero-order valence-corrected chi connectivity index (χ0v) is 16.3. The second kappa shape index (κ2) is 8.85. The van der Waals surface area contributed by atoms with Crippen molar-refractivity contribution in [1.82, 2.24) is 4.90 Å². The summed E-state index contributed by atoms with van der Waals surface area (Å²) in [6, 6.07) is 13.2. The van der Waals surface area contributed by atoms with Crippen LogP contribution in [0.15, 0.2) is 53.4 Å². The average molecular weight is 375 g/mol. The molecule has 1 amide bonds. The standard InChI is InChI=1S/C20H26N2O3S/c1-4-14-22(15-5-2)20(23)17-8-12-19(13-9-17)26(24,25)21-18-10-6-16(3)7-11-18/h6-13,21H,4-5,14-15H2,1-3H3. The van der Waals surface area contributed by atoms with Crippen molar-refractivity contribution >= 4 is 21.6 Å². The minimum Gasteiger partial charge on any atom is -0.339 e. The van der Waals surface area contributed by atoms with Crippen molar-refractivity contribution in [3.63, 3.8) is 0 Å². The normalized spacial score (nSPS) is 11.2. The van der Waals surface area contributed by atoms with Crippen molar-refractivity contribution in [2.24, 2.45) is 0 Å². The fourth-order valence-electron chi connectivity index (χ4n) is 2.65. The molecule has 0 saturated heterocycles. The molecule has 26 heavy (non-hydrogen) atoms. The van der Waals surface area contributed by atoms with Crippen LogP contribution < -0.4 is 4.72 Å². The van der Waals surface area contributed by atoms with E-state index >= 15 is 0 Å². The third-order valence-corrected chi connectivity index (χ3v) is 5.39. The summed E-state index contributed by atoms with van der Waals surface area (Å²) in [5.74, 6) is -0.0656. The van der Waals surface area contributed by atoms with E-state index in [1.54, 1.807) is 29.2 Å². The quantitative estimate of drug-likeness (QED) is 0.758. The Bertz CT molecular complexity index is 822. The zero-order chi connectivity index (χ0) is 19.2. The van der Waals surface area contributed by atoms with Gasteiger partial charge in [0.2, 0.25) is 0 Å². The Morgan fingerprint density at radius 2 is 1.46 bits per heavy atom. The summed E-state index contributed by atoms with van der Waals surface area (Å²) in [6.45, 7) is 7.39. The summed E-state index contributed by atoms with van der Waals surface area (Å²) in [5, 5.41) is 0. The molecule has 0 aliphatic rings. The maximum absolute atomic E-state index is 12.6. The smallest absolute Gasteiger partial charge is 0.261 e. The molecule has 0 aromatic heterocycles. The Hall–Kier alpha value is -2.34. The van der Waals surface area contributed by atoms with Gasteiger partial charge in [0.15, 0.2) is 0 Å². The van der Waals surface area contributed by atoms with Crippen LogP contribution in [0.4, 0.5) is 5.69 Å². The van der Waals surface area contributed by atoms with E-state index in [-0.39, 0.29) is 10.8 Å². The Morgan fingerprint density at radius 1 is 0.923 bits per heavy atom. The monoisotopic (exact) mass is 374 g/mol. The molecule has 2 aromatic carbocycles. The van der Waals surface area contributed by atoms with E-state index in [1.165, 1.54) is 12.1 Å². The number of hydrogen-bond donors (Lipinski definition) is 1. The maximum Gasteiger partial charge on any atom is 0.261 e. The molecule has 0 aliphatic carbocycles. The number of carbonyl (C=O) groups is 1. The van der Waals surface area contributed by atoms with Crippen molar-refractivity contribution in [3.8, 4) is 0 Å². The van der Waals surface area contributed by atoms with Gasteiger partial charge < -0.3 is 4.90 Å².